The summed E-state index contributed by atoms with van der Waals surface area (Å²) in [6, 6.07) is 1.88. The molecular formula is C14H17ClO2. The first kappa shape index (κ1) is 11.4. The van der Waals surface area contributed by atoms with Crippen molar-refractivity contribution in [1.82, 2.24) is 0 Å². The molecule has 0 amide bonds. The van der Waals surface area contributed by atoms with Crippen LogP contribution >= 0.6 is 11.6 Å². The van der Waals surface area contributed by atoms with Gasteiger partial charge in [-0.3, -0.25) is 0 Å². The zero-order valence-electron chi connectivity index (χ0n) is 9.80. The van der Waals surface area contributed by atoms with Crippen molar-refractivity contribution < 1.29 is 10.2 Å². The smallest absolute Gasteiger partial charge is 0.140 e. The molecule has 0 aliphatic heterocycles. The lowest BCUT2D eigenvalue weighted by Crippen LogP contribution is -2.11. The number of phenols is 1. The van der Waals surface area contributed by atoms with Gasteiger partial charge in [0.15, 0.2) is 0 Å². The molecule has 1 aromatic carbocycles. The second-order valence-electron chi connectivity index (χ2n) is 5.31. The van der Waals surface area contributed by atoms with Crippen molar-refractivity contribution in [1.29, 1.82) is 0 Å². The largest absolute Gasteiger partial charge is 0.506 e. The maximum Gasteiger partial charge on any atom is 0.140 e. The summed E-state index contributed by atoms with van der Waals surface area (Å²) in [6.45, 7) is 0. The number of benzene rings is 1. The van der Waals surface area contributed by atoms with Crippen LogP contribution in [-0.4, -0.2) is 10.2 Å². The normalized spacial score (nSPS) is 21.8. The first-order chi connectivity index (χ1) is 8.12. The van der Waals surface area contributed by atoms with E-state index in [1.165, 1.54) is 18.4 Å². The van der Waals surface area contributed by atoms with Gasteiger partial charge >= 0.3 is 0 Å². The third-order valence-corrected chi connectivity index (χ3v) is 4.30. The van der Waals surface area contributed by atoms with E-state index in [0.717, 1.165) is 43.2 Å². The molecule has 0 unspecified atom stereocenters. The summed E-state index contributed by atoms with van der Waals surface area (Å²) < 4.78 is 0. The van der Waals surface area contributed by atoms with E-state index in [9.17, 15) is 10.2 Å². The van der Waals surface area contributed by atoms with Crippen LogP contribution in [0, 0.1) is 0 Å². The Hall–Kier alpha value is -0.730. The Bertz CT molecular complexity index is 464. The Morgan fingerprint density at radius 3 is 2.53 bits per heavy atom. The molecule has 92 valence electrons. The van der Waals surface area contributed by atoms with Crippen molar-refractivity contribution >= 4 is 11.6 Å². The van der Waals surface area contributed by atoms with E-state index in [2.05, 4.69) is 0 Å². The van der Waals surface area contributed by atoms with Gasteiger partial charge in [0.1, 0.15) is 5.75 Å². The fourth-order valence-electron chi connectivity index (χ4n) is 2.90. The predicted octanol–water partition coefficient (Wildman–Crippen LogP) is 3.30. The Labute approximate surface area is 106 Å². The second-order valence-corrected chi connectivity index (χ2v) is 5.72. The minimum atomic E-state index is -0.802. The standard InChI is InChI=1S/C14H17ClO2/c15-11-8-9-4-2-1-3-5-10(9)12(13(11)16)14(17)6-7-14/h8,16-17H,1-7H2. The van der Waals surface area contributed by atoms with Crippen LogP contribution in [0.25, 0.3) is 0 Å². The first-order valence-corrected chi connectivity index (χ1v) is 6.76. The molecule has 17 heavy (non-hydrogen) atoms. The van der Waals surface area contributed by atoms with Crippen LogP contribution in [0.4, 0.5) is 0 Å². The number of aryl methyl sites for hydroxylation is 1. The summed E-state index contributed by atoms with van der Waals surface area (Å²) >= 11 is 6.08. The summed E-state index contributed by atoms with van der Waals surface area (Å²) in [5.41, 5.74) is 2.30. The van der Waals surface area contributed by atoms with Crippen LogP contribution in [0.3, 0.4) is 0 Å². The number of aliphatic hydroxyl groups is 1. The van der Waals surface area contributed by atoms with Crippen molar-refractivity contribution in [2.24, 2.45) is 0 Å². The zero-order chi connectivity index (χ0) is 12.0. The number of hydrogen-bond acceptors (Lipinski definition) is 2. The number of fused-ring (bicyclic) bond motifs is 1. The molecule has 1 saturated carbocycles. The molecule has 0 bridgehead atoms. The molecule has 1 fully saturated rings. The van der Waals surface area contributed by atoms with Crippen LogP contribution < -0.4 is 0 Å². The minimum absolute atomic E-state index is 0.104. The predicted molar refractivity (Wildman–Crippen MR) is 67.5 cm³/mol. The van der Waals surface area contributed by atoms with Crippen molar-refractivity contribution in [2.75, 3.05) is 0 Å². The molecule has 0 aromatic heterocycles. The Morgan fingerprint density at radius 1 is 1.12 bits per heavy atom. The molecular weight excluding hydrogens is 236 g/mol. The van der Waals surface area contributed by atoms with Gasteiger partial charge in [0.25, 0.3) is 0 Å². The third kappa shape index (κ3) is 1.84. The van der Waals surface area contributed by atoms with Gasteiger partial charge in [0.05, 0.1) is 10.6 Å². The van der Waals surface area contributed by atoms with Gasteiger partial charge in [-0.2, -0.15) is 0 Å². The lowest BCUT2D eigenvalue weighted by Gasteiger charge is -2.19. The molecule has 0 atom stereocenters. The number of hydrogen-bond donors (Lipinski definition) is 2. The van der Waals surface area contributed by atoms with E-state index in [-0.39, 0.29) is 5.75 Å². The van der Waals surface area contributed by atoms with Crippen LogP contribution in [0.1, 0.15) is 48.8 Å². The van der Waals surface area contributed by atoms with Crippen molar-refractivity contribution in [3.05, 3.63) is 27.8 Å². The van der Waals surface area contributed by atoms with Gasteiger partial charge < -0.3 is 10.2 Å². The summed E-state index contributed by atoms with van der Waals surface area (Å²) in [7, 11) is 0. The van der Waals surface area contributed by atoms with Gasteiger partial charge in [-0.05, 0) is 55.7 Å². The van der Waals surface area contributed by atoms with Gasteiger partial charge in [0.2, 0.25) is 0 Å². The topological polar surface area (TPSA) is 40.5 Å². The Balaban J connectivity index is 2.20. The minimum Gasteiger partial charge on any atom is -0.506 e. The molecule has 0 spiro atoms. The molecule has 0 heterocycles. The average molecular weight is 253 g/mol. The highest BCUT2D eigenvalue weighted by molar-refractivity contribution is 6.32. The number of aromatic hydroxyl groups is 1. The van der Waals surface area contributed by atoms with E-state index in [4.69, 9.17) is 11.6 Å². The number of halogens is 1. The molecule has 0 saturated heterocycles. The molecule has 3 heteroatoms. The highest BCUT2D eigenvalue weighted by atomic mass is 35.5. The Morgan fingerprint density at radius 2 is 1.82 bits per heavy atom. The van der Waals surface area contributed by atoms with Crippen LogP contribution in [0.2, 0.25) is 5.02 Å². The van der Waals surface area contributed by atoms with Crippen molar-refractivity contribution in [3.8, 4) is 5.75 Å². The fourth-order valence-corrected chi connectivity index (χ4v) is 3.13. The lowest BCUT2D eigenvalue weighted by atomic mass is 9.91. The fraction of sp³-hybridized carbons (Fsp3) is 0.571. The van der Waals surface area contributed by atoms with Gasteiger partial charge in [-0.15, -0.1) is 0 Å². The van der Waals surface area contributed by atoms with Gasteiger partial charge in [-0.25, -0.2) is 0 Å². The molecule has 2 nitrogen and oxygen atoms in total. The number of phenolic OH excluding ortho intramolecular Hbond substituents is 1. The first-order valence-electron chi connectivity index (χ1n) is 6.38. The van der Waals surface area contributed by atoms with E-state index in [1.807, 2.05) is 6.07 Å². The summed E-state index contributed by atoms with van der Waals surface area (Å²) in [5.74, 6) is 0.104. The lowest BCUT2D eigenvalue weighted by molar-refractivity contribution is 0.146. The molecule has 0 radical (unpaired) electrons. The summed E-state index contributed by atoms with van der Waals surface area (Å²) in [5, 5.41) is 20.9. The SMILES string of the molecule is Oc1c(Cl)cc2c(c1C1(O)CC1)CCCCC2. The van der Waals surface area contributed by atoms with Crippen molar-refractivity contribution in [2.45, 2.75) is 50.5 Å². The van der Waals surface area contributed by atoms with E-state index < -0.39 is 5.60 Å². The zero-order valence-corrected chi connectivity index (χ0v) is 10.6. The highest BCUT2D eigenvalue weighted by Gasteiger charge is 2.46. The van der Waals surface area contributed by atoms with Gasteiger partial charge in [0, 0.05) is 5.56 Å². The number of rotatable bonds is 1. The van der Waals surface area contributed by atoms with Gasteiger partial charge in [-0.1, -0.05) is 18.0 Å². The molecule has 3 rings (SSSR count). The van der Waals surface area contributed by atoms with Crippen LogP contribution in [-0.2, 0) is 18.4 Å². The van der Waals surface area contributed by atoms with Crippen LogP contribution in [0.15, 0.2) is 6.07 Å². The average Bonchev–Trinajstić information content (AvgIpc) is 3.05. The molecule has 1 aromatic rings. The molecule has 2 aliphatic rings. The van der Waals surface area contributed by atoms with E-state index in [0.29, 0.717) is 5.02 Å². The van der Waals surface area contributed by atoms with Crippen molar-refractivity contribution in [3.63, 3.8) is 0 Å². The maximum absolute atomic E-state index is 10.3. The summed E-state index contributed by atoms with van der Waals surface area (Å²) in [6.07, 6.45) is 6.98. The maximum atomic E-state index is 10.3. The second kappa shape index (κ2) is 3.89. The Kier molecular flexibility index (Phi) is 2.60. The highest BCUT2D eigenvalue weighted by Crippen LogP contribution is 2.53. The summed E-state index contributed by atoms with van der Waals surface area (Å²) in [4.78, 5) is 0. The van der Waals surface area contributed by atoms with E-state index >= 15 is 0 Å². The quantitative estimate of drug-likeness (QED) is 0.753. The molecule has 2 aliphatic carbocycles. The van der Waals surface area contributed by atoms with E-state index in [1.54, 1.807) is 0 Å². The monoisotopic (exact) mass is 252 g/mol. The molecule has 2 N–H and O–H groups in total. The van der Waals surface area contributed by atoms with Crippen LogP contribution in [0.5, 0.6) is 5.75 Å². The third-order valence-electron chi connectivity index (χ3n) is 4.02.